The molecule has 1 unspecified atom stereocenters. The Morgan fingerprint density at radius 3 is 3.10 bits per heavy atom. The summed E-state index contributed by atoms with van der Waals surface area (Å²) in [5, 5.41) is 3.62. The van der Waals surface area contributed by atoms with E-state index < -0.39 is 0 Å². The number of piperidine rings is 1. The lowest BCUT2D eigenvalue weighted by Crippen LogP contribution is -2.55. The Bertz CT molecular complexity index is 580. The van der Waals surface area contributed by atoms with Crippen molar-refractivity contribution in [3.8, 4) is 0 Å². The van der Waals surface area contributed by atoms with Gasteiger partial charge in [0.15, 0.2) is 0 Å². The average molecular weight is 306 g/mol. The molecule has 6 heteroatoms. The number of rotatable bonds is 2. The highest BCUT2D eigenvalue weighted by atomic mass is 35.5. The lowest BCUT2D eigenvalue weighted by atomic mass is 9.84. The van der Waals surface area contributed by atoms with Crippen LogP contribution in [0.4, 0.5) is 11.5 Å². The van der Waals surface area contributed by atoms with Crippen LogP contribution in [0, 0.1) is 6.57 Å². The molecule has 2 saturated heterocycles. The van der Waals surface area contributed by atoms with Crippen molar-refractivity contribution in [2.45, 2.75) is 57.2 Å². The zero-order chi connectivity index (χ0) is 15.0. The SMILES string of the molecule is [C-]#[N+]c1cnc(Cl)nc1N[C@@H]1CC2CCCN2C(C)(C)C1. The van der Waals surface area contributed by atoms with Gasteiger partial charge in [-0.15, -0.1) is 0 Å². The van der Waals surface area contributed by atoms with Crippen molar-refractivity contribution in [2.24, 2.45) is 0 Å². The first-order valence-corrected chi connectivity index (χ1v) is 7.81. The lowest BCUT2D eigenvalue weighted by Gasteiger charge is -2.48. The summed E-state index contributed by atoms with van der Waals surface area (Å²) in [7, 11) is 0. The highest BCUT2D eigenvalue weighted by Crippen LogP contribution is 2.39. The molecular weight excluding hydrogens is 286 g/mol. The molecule has 0 bridgehead atoms. The molecule has 1 aromatic heterocycles. The number of nitrogens with one attached hydrogen (secondary N) is 1. The van der Waals surface area contributed by atoms with E-state index in [0.29, 0.717) is 23.6 Å². The van der Waals surface area contributed by atoms with Gasteiger partial charge in [-0.2, -0.15) is 0 Å². The minimum Gasteiger partial charge on any atom is -0.376 e. The first-order chi connectivity index (χ1) is 9.99. The number of halogens is 1. The number of hydrogen-bond donors (Lipinski definition) is 1. The van der Waals surface area contributed by atoms with E-state index in [1.54, 1.807) is 0 Å². The smallest absolute Gasteiger partial charge is 0.246 e. The van der Waals surface area contributed by atoms with Crippen molar-refractivity contribution in [3.63, 3.8) is 0 Å². The first-order valence-electron chi connectivity index (χ1n) is 7.43. The highest BCUT2D eigenvalue weighted by Gasteiger charge is 2.42. The van der Waals surface area contributed by atoms with E-state index in [1.807, 2.05) is 0 Å². The van der Waals surface area contributed by atoms with Crippen LogP contribution in [-0.2, 0) is 0 Å². The molecule has 1 N–H and O–H groups in total. The van der Waals surface area contributed by atoms with Gasteiger partial charge in [0.25, 0.3) is 0 Å². The van der Waals surface area contributed by atoms with Crippen LogP contribution in [0.1, 0.15) is 39.5 Å². The fourth-order valence-electron chi connectivity index (χ4n) is 3.85. The molecule has 0 spiro atoms. The number of fused-ring (bicyclic) bond motifs is 1. The van der Waals surface area contributed by atoms with Gasteiger partial charge in [-0.05, 0) is 57.7 Å². The quantitative estimate of drug-likeness (QED) is 0.671. The van der Waals surface area contributed by atoms with Crippen LogP contribution in [0.25, 0.3) is 4.85 Å². The first kappa shape index (κ1) is 14.6. The molecule has 0 amide bonds. The topological polar surface area (TPSA) is 45.4 Å². The van der Waals surface area contributed by atoms with Gasteiger partial charge >= 0.3 is 0 Å². The zero-order valence-corrected chi connectivity index (χ0v) is 13.2. The summed E-state index contributed by atoms with van der Waals surface area (Å²) in [6, 6.07) is 0.964. The molecule has 2 aliphatic heterocycles. The zero-order valence-electron chi connectivity index (χ0n) is 12.4. The van der Waals surface area contributed by atoms with E-state index in [2.05, 4.69) is 38.9 Å². The Kier molecular flexibility index (Phi) is 3.76. The maximum Gasteiger partial charge on any atom is 0.246 e. The summed E-state index contributed by atoms with van der Waals surface area (Å²) < 4.78 is 0. The Balaban J connectivity index is 1.80. The van der Waals surface area contributed by atoms with Gasteiger partial charge in [-0.25, -0.2) is 14.8 Å². The van der Waals surface area contributed by atoms with Crippen LogP contribution in [0.3, 0.4) is 0 Å². The van der Waals surface area contributed by atoms with Crippen LogP contribution >= 0.6 is 11.6 Å². The Morgan fingerprint density at radius 2 is 2.33 bits per heavy atom. The predicted octanol–water partition coefficient (Wildman–Crippen LogP) is 3.50. The normalized spacial score (nSPS) is 27.9. The molecular formula is C15H20ClN5. The molecule has 0 aromatic carbocycles. The van der Waals surface area contributed by atoms with Crippen LogP contribution in [0.2, 0.25) is 5.28 Å². The van der Waals surface area contributed by atoms with Gasteiger partial charge in [0.05, 0.1) is 6.57 Å². The maximum absolute atomic E-state index is 7.22. The number of aromatic nitrogens is 2. The van der Waals surface area contributed by atoms with Gasteiger partial charge in [0.1, 0.15) is 5.82 Å². The van der Waals surface area contributed by atoms with Crippen LogP contribution in [0.5, 0.6) is 0 Å². The molecule has 5 nitrogen and oxygen atoms in total. The summed E-state index contributed by atoms with van der Waals surface area (Å²) in [5.74, 6) is 0.567. The lowest BCUT2D eigenvalue weighted by molar-refractivity contribution is 0.0501. The van der Waals surface area contributed by atoms with Crippen molar-refractivity contribution >= 4 is 23.1 Å². The third-order valence-corrected chi connectivity index (χ3v) is 4.84. The molecule has 112 valence electrons. The third kappa shape index (κ3) is 2.83. The molecule has 2 aliphatic rings. The van der Waals surface area contributed by atoms with Crippen molar-refractivity contribution in [1.82, 2.24) is 14.9 Å². The van der Waals surface area contributed by atoms with Gasteiger partial charge in [0.2, 0.25) is 11.0 Å². The largest absolute Gasteiger partial charge is 0.376 e. The molecule has 0 radical (unpaired) electrons. The summed E-state index contributed by atoms with van der Waals surface area (Å²) in [4.78, 5) is 14.2. The second-order valence-corrected chi connectivity index (χ2v) is 6.91. The summed E-state index contributed by atoms with van der Waals surface area (Å²) >= 11 is 5.86. The predicted molar refractivity (Wildman–Crippen MR) is 83.8 cm³/mol. The summed E-state index contributed by atoms with van der Waals surface area (Å²) in [6.45, 7) is 13.0. The van der Waals surface area contributed by atoms with Crippen molar-refractivity contribution in [1.29, 1.82) is 0 Å². The fraction of sp³-hybridized carbons (Fsp3) is 0.667. The maximum atomic E-state index is 7.22. The van der Waals surface area contributed by atoms with E-state index >= 15 is 0 Å². The van der Waals surface area contributed by atoms with Crippen molar-refractivity contribution < 1.29 is 0 Å². The van der Waals surface area contributed by atoms with E-state index in [0.717, 1.165) is 12.8 Å². The Hall–Kier alpha value is -1.38. The van der Waals surface area contributed by atoms with Crippen LogP contribution in [-0.4, -0.2) is 39.0 Å². The van der Waals surface area contributed by atoms with Gasteiger partial charge in [-0.3, -0.25) is 4.90 Å². The summed E-state index contributed by atoms with van der Waals surface area (Å²) in [6.07, 6.45) is 6.18. The molecule has 3 rings (SSSR count). The monoisotopic (exact) mass is 305 g/mol. The number of anilines is 1. The van der Waals surface area contributed by atoms with Crippen LogP contribution in [0.15, 0.2) is 6.20 Å². The van der Waals surface area contributed by atoms with Crippen molar-refractivity contribution in [3.05, 3.63) is 22.9 Å². The number of hydrogen-bond acceptors (Lipinski definition) is 4. The van der Waals surface area contributed by atoms with Gasteiger partial charge in [0, 0.05) is 23.8 Å². The standard InChI is InChI=1S/C15H20ClN5/c1-15(2)8-10(7-11-5-4-6-21(11)15)19-13-12(17-3)9-18-14(16)20-13/h9-11H,4-8H2,1-2H3,(H,18,19,20)/t10-,11?/m1/s1. The second kappa shape index (κ2) is 5.43. The van der Waals surface area contributed by atoms with Gasteiger partial charge < -0.3 is 5.32 Å². The molecule has 1 aromatic rings. The van der Waals surface area contributed by atoms with Gasteiger partial charge in [-0.1, -0.05) is 0 Å². The Morgan fingerprint density at radius 1 is 1.52 bits per heavy atom. The minimum atomic E-state index is 0.183. The highest BCUT2D eigenvalue weighted by molar-refractivity contribution is 6.28. The van der Waals surface area contributed by atoms with E-state index in [4.69, 9.17) is 18.2 Å². The molecule has 21 heavy (non-hydrogen) atoms. The molecule has 3 heterocycles. The summed E-state index contributed by atoms with van der Waals surface area (Å²) in [5.41, 5.74) is 0.623. The van der Waals surface area contributed by atoms with E-state index in [-0.39, 0.29) is 10.8 Å². The van der Waals surface area contributed by atoms with E-state index in [9.17, 15) is 0 Å². The molecule has 2 fully saturated rings. The Labute approximate surface area is 130 Å². The van der Waals surface area contributed by atoms with Crippen LogP contribution < -0.4 is 5.32 Å². The number of nitrogens with zero attached hydrogens (tertiary/aromatic N) is 4. The molecule has 2 atom stereocenters. The van der Waals surface area contributed by atoms with Crippen molar-refractivity contribution in [2.75, 3.05) is 11.9 Å². The average Bonchev–Trinajstić information content (AvgIpc) is 2.87. The molecule has 0 saturated carbocycles. The fourth-order valence-corrected chi connectivity index (χ4v) is 3.99. The second-order valence-electron chi connectivity index (χ2n) is 6.57. The van der Waals surface area contributed by atoms with E-state index in [1.165, 1.54) is 25.6 Å². The molecule has 0 aliphatic carbocycles. The minimum absolute atomic E-state index is 0.183. The third-order valence-electron chi connectivity index (χ3n) is 4.66.